The average Bonchev–Trinajstić information content (AvgIpc) is 3.08. The molecule has 0 saturated carbocycles. The van der Waals surface area contributed by atoms with Crippen LogP contribution in [0.4, 0.5) is 8.78 Å². The van der Waals surface area contributed by atoms with E-state index in [1.165, 1.54) is 11.6 Å². The molecule has 142 valence electrons. The second kappa shape index (κ2) is 7.80. The Labute approximate surface area is 162 Å². The molecule has 0 amide bonds. The third-order valence-corrected chi connectivity index (χ3v) is 4.81. The van der Waals surface area contributed by atoms with E-state index in [0.29, 0.717) is 23.6 Å². The van der Waals surface area contributed by atoms with Gasteiger partial charge < -0.3 is 9.30 Å². The van der Waals surface area contributed by atoms with Crippen molar-refractivity contribution in [3.63, 3.8) is 0 Å². The van der Waals surface area contributed by atoms with E-state index in [-0.39, 0.29) is 5.56 Å². The van der Waals surface area contributed by atoms with Crippen LogP contribution in [-0.2, 0) is 13.0 Å². The van der Waals surface area contributed by atoms with Crippen molar-refractivity contribution < 1.29 is 13.5 Å². The summed E-state index contributed by atoms with van der Waals surface area (Å²) in [6, 6.07) is 19.2. The Kier molecular flexibility index (Phi) is 5.06. The molecule has 0 aliphatic rings. The number of halogens is 2. The summed E-state index contributed by atoms with van der Waals surface area (Å²) >= 11 is 0. The molecule has 0 saturated heterocycles. The highest BCUT2D eigenvalue weighted by Crippen LogP contribution is 2.30. The van der Waals surface area contributed by atoms with Gasteiger partial charge in [0, 0.05) is 12.6 Å². The Morgan fingerprint density at radius 2 is 1.79 bits per heavy atom. The number of nitrogens with zero attached hydrogens (tertiary/aromatic N) is 2. The molecule has 0 radical (unpaired) electrons. The van der Waals surface area contributed by atoms with Crippen LogP contribution in [0.25, 0.3) is 22.4 Å². The standard InChI is InChI=1S/C23H20F2N2O/c1-28-18-10-12-22-21(15-18)26-23(19-14-17(24)9-11-20(19)25)27(22)13-5-8-16-6-3-2-4-7-16/h2-4,6-7,9-12,14-15H,5,8,13H2,1H3. The summed E-state index contributed by atoms with van der Waals surface area (Å²) < 4.78 is 35.5. The van der Waals surface area contributed by atoms with Crippen LogP contribution in [0, 0.1) is 11.6 Å². The third-order valence-electron chi connectivity index (χ3n) is 4.81. The number of ether oxygens (including phenoxy) is 1. The fourth-order valence-corrected chi connectivity index (χ4v) is 3.42. The number of fused-ring (bicyclic) bond motifs is 1. The summed E-state index contributed by atoms with van der Waals surface area (Å²) in [6.07, 6.45) is 1.74. The highest BCUT2D eigenvalue weighted by molar-refractivity contribution is 5.82. The predicted molar refractivity (Wildman–Crippen MR) is 106 cm³/mol. The molecule has 0 aliphatic carbocycles. The molecule has 0 N–H and O–H groups in total. The Hall–Kier alpha value is -3.21. The van der Waals surface area contributed by atoms with Crippen molar-refractivity contribution in [1.82, 2.24) is 9.55 Å². The topological polar surface area (TPSA) is 27.1 Å². The van der Waals surface area contributed by atoms with E-state index in [9.17, 15) is 8.78 Å². The lowest BCUT2D eigenvalue weighted by Crippen LogP contribution is -2.03. The molecular formula is C23H20F2N2O. The SMILES string of the molecule is COc1ccc2c(c1)nc(-c1cc(F)ccc1F)n2CCCc1ccccc1. The van der Waals surface area contributed by atoms with E-state index >= 15 is 0 Å². The van der Waals surface area contributed by atoms with E-state index in [4.69, 9.17) is 4.74 Å². The zero-order chi connectivity index (χ0) is 19.5. The molecule has 5 heteroatoms. The first-order chi connectivity index (χ1) is 13.7. The number of hydrogen-bond acceptors (Lipinski definition) is 2. The summed E-state index contributed by atoms with van der Waals surface area (Å²) in [4.78, 5) is 4.60. The maximum Gasteiger partial charge on any atom is 0.144 e. The van der Waals surface area contributed by atoms with Crippen LogP contribution in [0.3, 0.4) is 0 Å². The summed E-state index contributed by atoms with van der Waals surface area (Å²) in [5, 5.41) is 0. The Bertz CT molecular complexity index is 1110. The molecule has 0 fully saturated rings. The highest BCUT2D eigenvalue weighted by Gasteiger charge is 2.17. The zero-order valence-electron chi connectivity index (χ0n) is 15.5. The van der Waals surface area contributed by atoms with Crippen molar-refractivity contribution in [2.45, 2.75) is 19.4 Å². The molecule has 0 bridgehead atoms. The average molecular weight is 378 g/mol. The number of imidazole rings is 1. The van der Waals surface area contributed by atoms with Gasteiger partial charge in [-0.1, -0.05) is 30.3 Å². The van der Waals surface area contributed by atoms with Crippen molar-refractivity contribution in [3.8, 4) is 17.1 Å². The minimum absolute atomic E-state index is 0.162. The summed E-state index contributed by atoms with van der Waals surface area (Å²) in [5.74, 6) is 0.117. The number of benzene rings is 3. The maximum absolute atomic E-state index is 14.5. The number of rotatable bonds is 6. The lowest BCUT2D eigenvalue weighted by atomic mass is 10.1. The van der Waals surface area contributed by atoms with Gasteiger partial charge in [-0.25, -0.2) is 13.8 Å². The van der Waals surface area contributed by atoms with Crippen molar-refractivity contribution >= 4 is 11.0 Å². The molecule has 0 atom stereocenters. The molecule has 28 heavy (non-hydrogen) atoms. The normalized spacial score (nSPS) is 11.1. The monoisotopic (exact) mass is 378 g/mol. The van der Waals surface area contributed by atoms with Gasteiger partial charge in [0.25, 0.3) is 0 Å². The molecule has 1 heterocycles. The molecular weight excluding hydrogens is 358 g/mol. The van der Waals surface area contributed by atoms with Crippen molar-refractivity contribution in [3.05, 3.63) is 83.9 Å². The quantitative estimate of drug-likeness (QED) is 0.435. The predicted octanol–water partition coefficient (Wildman–Crippen LogP) is 5.62. The fraction of sp³-hybridized carbons (Fsp3) is 0.174. The van der Waals surface area contributed by atoms with Gasteiger partial charge in [0.05, 0.1) is 23.7 Å². The second-order valence-corrected chi connectivity index (χ2v) is 6.66. The maximum atomic E-state index is 14.5. The lowest BCUT2D eigenvalue weighted by Gasteiger charge is -2.10. The van der Waals surface area contributed by atoms with Crippen molar-refractivity contribution in [1.29, 1.82) is 0 Å². The van der Waals surface area contributed by atoms with Crippen molar-refractivity contribution in [2.75, 3.05) is 7.11 Å². The van der Waals surface area contributed by atoms with Gasteiger partial charge in [-0.2, -0.15) is 0 Å². The molecule has 0 spiro atoms. The van der Waals surface area contributed by atoms with Crippen LogP contribution in [0.15, 0.2) is 66.7 Å². The highest BCUT2D eigenvalue weighted by atomic mass is 19.1. The van der Waals surface area contributed by atoms with E-state index in [2.05, 4.69) is 17.1 Å². The first kappa shape index (κ1) is 18.2. The molecule has 0 aliphatic heterocycles. The Balaban J connectivity index is 1.74. The van der Waals surface area contributed by atoms with Crippen LogP contribution in [0.1, 0.15) is 12.0 Å². The molecule has 4 aromatic rings. The molecule has 3 nitrogen and oxygen atoms in total. The van der Waals surface area contributed by atoms with E-state index < -0.39 is 11.6 Å². The summed E-state index contributed by atoms with van der Waals surface area (Å²) in [6.45, 7) is 0.642. The van der Waals surface area contributed by atoms with Crippen LogP contribution in [-0.4, -0.2) is 16.7 Å². The molecule has 4 rings (SSSR count). The van der Waals surface area contributed by atoms with E-state index in [1.807, 2.05) is 41.0 Å². The summed E-state index contributed by atoms with van der Waals surface area (Å²) in [7, 11) is 1.59. The minimum atomic E-state index is -0.493. The molecule has 3 aromatic carbocycles. The van der Waals surface area contributed by atoms with Gasteiger partial charge in [-0.15, -0.1) is 0 Å². The first-order valence-electron chi connectivity index (χ1n) is 9.19. The fourth-order valence-electron chi connectivity index (χ4n) is 3.42. The number of hydrogen-bond donors (Lipinski definition) is 0. The van der Waals surface area contributed by atoms with Gasteiger partial charge in [0.2, 0.25) is 0 Å². The van der Waals surface area contributed by atoms with E-state index in [0.717, 1.165) is 30.5 Å². The van der Waals surface area contributed by atoms with Crippen LogP contribution >= 0.6 is 0 Å². The van der Waals surface area contributed by atoms with Crippen LogP contribution in [0.5, 0.6) is 5.75 Å². The van der Waals surface area contributed by atoms with Gasteiger partial charge in [0.15, 0.2) is 0 Å². The number of aryl methyl sites for hydroxylation is 2. The van der Waals surface area contributed by atoms with Crippen LogP contribution < -0.4 is 4.74 Å². The first-order valence-corrected chi connectivity index (χ1v) is 9.19. The third kappa shape index (κ3) is 3.60. The Morgan fingerprint density at radius 1 is 0.964 bits per heavy atom. The van der Waals surface area contributed by atoms with Gasteiger partial charge in [-0.05, 0) is 48.7 Å². The molecule has 1 aromatic heterocycles. The lowest BCUT2D eigenvalue weighted by molar-refractivity contribution is 0.415. The smallest absolute Gasteiger partial charge is 0.144 e. The zero-order valence-corrected chi connectivity index (χ0v) is 15.5. The molecule has 0 unspecified atom stereocenters. The largest absolute Gasteiger partial charge is 0.497 e. The van der Waals surface area contributed by atoms with Crippen molar-refractivity contribution in [2.24, 2.45) is 0 Å². The van der Waals surface area contributed by atoms with Crippen LogP contribution in [0.2, 0.25) is 0 Å². The minimum Gasteiger partial charge on any atom is -0.497 e. The second-order valence-electron chi connectivity index (χ2n) is 6.66. The number of methoxy groups -OCH3 is 1. The summed E-state index contributed by atoms with van der Waals surface area (Å²) in [5.41, 5.74) is 2.96. The van der Waals surface area contributed by atoms with E-state index in [1.54, 1.807) is 7.11 Å². The van der Waals surface area contributed by atoms with Gasteiger partial charge in [0.1, 0.15) is 23.2 Å². The Morgan fingerprint density at radius 3 is 2.57 bits per heavy atom. The van der Waals surface area contributed by atoms with Gasteiger partial charge in [-0.3, -0.25) is 0 Å². The number of aromatic nitrogens is 2. The van der Waals surface area contributed by atoms with Gasteiger partial charge >= 0.3 is 0 Å².